The van der Waals surface area contributed by atoms with Crippen LogP contribution in [0.25, 0.3) is 0 Å². The molecule has 0 saturated carbocycles. The van der Waals surface area contributed by atoms with Gasteiger partial charge in [0.2, 0.25) is 0 Å². The van der Waals surface area contributed by atoms with E-state index in [1.54, 1.807) is 0 Å². The maximum Gasteiger partial charge on any atom is 0.306 e. The van der Waals surface area contributed by atoms with Crippen LogP contribution in [0.15, 0.2) is 36.5 Å². The van der Waals surface area contributed by atoms with E-state index in [0.717, 1.165) is 83.5 Å². The van der Waals surface area contributed by atoms with Gasteiger partial charge in [0.15, 0.2) is 6.10 Å². The van der Waals surface area contributed by atoms with Gasteiger partial charge in [-0.2, -0.15) is 0 Å². The Morgan fingerprint density at radius 3 is 0.877 bits per heavy atom. The zero-order valence-corrected chi connectivity index (χ0v) is 37.9. The van der Waals surface area contributed by atoms with Gasteiger partial charge in [-0.15, -0.1) is 0 Å². The minimum atomic E-state index is -0.779. The van der Waals surface area contributed by atoms with E-state index in [2.05, 4.69) is 57.2 Å². The normalized spacial score (nSPS) is 11.8. The molecule has 0 heterocycles. The van der Waals surface area contributed by atoms with Gasteiger partial charge in [-0.25, -0.2) is 0 Å². The first-order valence-corrected chi connectivity index (χ1v) is 24.5. The number of esters is 3. The summed E-state index contributed by atoms with van der Waals surface area (Å²) < 4.78 is 16.7. The van der Waals surface area contributed by atoms with Crippen molar-refractivity contribution >= 4 is 17.9 Å². The zero-order chi connectivity index (χ0) is 41.5. The first-order chi connectivity index (χ1) is 28.0. The quantitative estimate of drug-likeness (QED) is 0.0264. The molecule has 0 aliphatic rings. The Morgan fingerprint density at radius 1 is 0.333 bits per heavy atom. The van der Waals surface area contributed by atoms with Crippen LogP contribution < -0.4 is 0 Å². The summed E-state index contributed by atoms with van der Waals surface area (Å²) in [5.74, 6) is -0.903. The number of carbonyl (C=O) groups excluding carboxylic acids is 3. The molecule has 0 amide bonds. The predicted octanol–water partition coefficient (Wildman–Crippen LogP) is 15.8. The molecular weight excluding hydrogens is 709 g/mol. The Balaban J connectivity index is 4.40. The molecular formula is C51H92O6. The average molecular weight is 801 g/mol. The number of hydrogen-bond acceptors (Lipinski definition) is 6. The Bertz CT molecular complexity index is 917. The second-order valence-corrected chi connectivity index (χ2v) is 16.4. The molecule has 0 spiro atoms. The van der Waals surface area contributed by atoms with Crippen molar-refractivity contribution < 1.29 is 28.6 Å². The summed E-state index contributed by atoms with van der Waals surface area (Å²) in [6.45, 7) is 6.57. The fourth-order valence-electron chi connectivity index (χ4n) is 6.84. The summed E-state index contributed by atoms with van der Waals surface area (Å²) in [4.78, 5) is 37.8. The monoisotopic (exact) mass is 801 g/mol. The SMILES string of the molecule is CCCCCC/C=C\CCCCCCCC(=O)OC(COC(=O)CCCCCCC/C=C/CCCCCC)COC(=O)CCCCCCC/C=C/CCCCCC. The van der Waals surface area contributed by atoms with Crippen molar-refractivity contribution in [2.24, 2.45) is 0 Å². The highest BCUT2D eigenvalue weighted by Crippen LogP contribution is 2.14. The minimum Gasteiger partial charge on any atom is -0.462 e. The number of rotatable bonds is 44. The standard InChI is InChI=1S/C51H92O6/c1-4-7-10-13-16-19-22-25-28-31-34-37-40-43-49(52)55-46-48(57-51(54)45-42-39-36-33-30-27-24-21-18-15-12-9-6-3)47-56-50(53)44-41-38-35-32-29-26-23-20-17-14-11-8-5-2/h19-24,48H,4-18,25-47H2,1-3H3/b22-19+,23-20+,24-21-. The molecule has 6 heteroatoms. The molecule has 0 radical (unpaired) electrons. The average Bonchev–Trinajstić information content (AvgIpc) is 3.21. The van der Waals surface area contributed by atoms with E-state index in [9.17, 15) is 14.4 Å². The molecule has 57 heavy (non-hydrogen) atoms. The smallest absolute Gasteiger partial charge is 0.306 e. The number of carbonyl (C=O) groups is 3. The maximum atomic E-state index is 12.7. The molecule has 0 aromatic rings. The first kappa shape index (κ1) is 54.6. The molecule has 332 valence electrons. The first-order valence-electron chi connectivity index (χ1n) is 24.5. The second kappa shape index (κ2) is 46.3. The van der Waals surface area contributed by atoms with Gasteiger partial charge in [-0.1, -0.05) is 173 Å². The molecule has 0 unspecified atom stereocenters. The molecule has 0 aromatic heterocycles. The molecule has 0 aromatic carbocycles. The lowest BCUT2D eigenvalue weighted by Gasteiger charge is -2.18. The van der Waals surface area contributed by atoms with Crippen LogP contribution in [0.4, 0.5) is 0 Å². The fraction of sp³-hybridized carbons (Fsp3) is 0.824. The minimum absolute atomic E-state index is 0.0814. The highest BCUT2D eigenvalue weighted by atomic mass is 16.6. The van der Waals surface area contributed by atoms with Gasteiger partial charge in [0.1, 0.15) is 13.2 Å². The summed E-state index contributed by atoms with van der Waals surface area (Å²) in [5.41, 5.74) is 0. The van der Waals surface area contributed by atoms with Crippen LogP contribution in [0.3, 0.4) is 0 Å². The Morgan fingerprint density at radius 2 is 0.579 bits per heavy atom. The summed E-state index contributed by atoms with van der Waals surface area (Å²) in [7, 11) is 0. The van der Waals surface area contributed by atoms with Gasteiger partial charge in [0.05, 0.1) is 0 Å². The maximum absolute atomic E-state index is 12.7. The third kappa shape index (κ3) is 44.6. The van der Waals surface area contributed by atoms with E-state index in [1.807, 2.05) is 0 Å². The van der Waals surface area contributed by atoms with Gasteiger partial charge >= 0.3 is 17.9 Å². The lowest BCUT2D eigenvalue weighted by atomic mass is 10.1. The van der Waals surface area contributed by atoms with E-state index < -0.39 is 6.10 Å². The molecule has 0 aliphatic carbocycles. The van der Waals surface area contributed by atoms with Crippen molar-refractivity contribution in [2.75, 3.05) is 13.2 Å². The van der Waals surface area contributed by atoms with Crippen LogP contribution >= 0.6 is 0 Å². The van der Waals surface area contributed by atoms with Crippen LogP contribution in [-0.4, -0.2) is 37.2 Å². The molecule has 6 nitrogen and oxygen atoms in total. The van der Waals surface area contributed by atoms with E-state index in [1.165, 1.54) is 128 Å². The topological polar surface area (TPSA) is 78.9 Å². The van der Waals surface area contributed by atoms with Gasteiger partial charge in [-0.3, -0.25) is 14.4 Å². The summed E-state index contributed by atoms with van der Waals surface area (Å²) >= 11 is 0. The number of ether oxygens (including phenoxy) is 3. The molecule has 0 N–H and O–H groups in total. The molecule has 0 rings (SSSR count). The van der Waals surface area contributed by atoms with Gasteiger partial charge in [0, 0.05) is 19.3 Å². The second-order valence-electron chi connectivity index (χ2n) is 16.4. The third-order valence-electron chi connectivity index (χ3n) is 10.6. The van der Waals surface area contributed by atoms with Crippen LogP contribution in [0.1, 0.15) is 252 Å². The highest BCUT2D eigenvalue weighted by Gasteiger charge is 2.19. The Kier molecular flexibility index (Phi) is 44.4. The van der Waals surface area contributed by atoms with E-state index in [-0.39, 0.29) is 31.1 Å². The van der Waals surface area contributed by atoms with Crippen LogP contribution in [0, 0.1) is 0 Å². The number of unbranched alkanes of at least 4 members (excludes halogenated alkanes) is 27. The fourth-order valence-corrected chi connectivity index (χ4v) is 6.84. The molecule has 0 bridgehead atoms. The molecule has 0 atom stereocenters. The summed E-state index contributed by atoms with van der Waals surface area (Å²) in [5, 5.41) is 0. The van der Waals surface area contributed by atoms with Crippen LogP contribution in [0.5, 0.6) is 0 Å². The van der Waals surface area contributed by atoms with E-state index in [0.29, 0.717) is 19.3 Å². The van der Waals surface area contributed by atoms with Crippen molar-refractivity contribution in [3.63, 3.8) is 0 Å². The summed E-state index contributed by atoms with van der Waals surface area (Å²) in [6.07, 6.45) is 52.6. The van der Waals surface area contributed by atoms with Crippen molar-refractivity contribution in [3.05, 3.63) is 36.5 Å². The largest absolute Gasteiger partial charge is 0.462 e. The lowest BCUT2D eigenvalue weighted by molar-refractivity contribution is -0.167. The van der Waals surface area contributed by atoms with E-state index in [4.69, 9.17) is 14.2 Å². The van der Waals surface area contributed by atoms with Crippen molar-refractivity contribution in [3.8, 4) is 0 Å². The lowest BCUT2D eigenvalue weighted by Crippen LogP contribution is -2.30. The summed E-state index contributed by atoms with van der Waals surface area (Å²) in [6, 6.07) is 0. The van der Waals surface area contributed by atoms with Gasteiger partial charge < -0.3 is 14.2 Å². The van der Waals surface area contributed by atoms with Crippen molar-refractivity contribution in [2.45, 2.75) is 258 Å². The number of hydrogen-bond donors (Lipinski definition) is 0. The van der Waals surface area contributed by atoms with Crippen molar-refractivity contribution in [1.29, 1.82) is 0 Å². The Labute approximate surface area is 353 Å². The molecule has 0 saturated heterocycles. The van der Waals surface area contributed by atoms with E-state index >= 15 is 0 Å². The third-order valence-corrected chi connectivity index (χ3v) is 10.6. The van der Waals surface area contributed by atoms with Crippen LogP contribution in [-0.2, 0) is 28.6 Å². The number of allylic oxidation sites excluding steroid dienone is 6. The van der Waals surface area contributed by atoms with Crippen molar-refractivity contribution in [1.82, 2.24) is 0 Å². The molecule has 0 aliphatic heterocycles. The van der Waals surface area contributed by atoms with Crippen LogP contribution in [0.2, 0.25) is 0 Å². The highest BCUT2D eigenvalue weighted by molar-refractivity contribution is 5.71. The Hall–Kier alpha value is -2.37. The predicted molar refractivity (Wildman–Crippen MR) is 242 cm³/mol. The zero-order valence-electron chi connectivity index (χ0n) is 37.9. The van der Waals surface area contributed by atoms with Gasteiger partial charge in [-0.05, 0) is 96.3 Å². The molecule has 0 fully saturated rings. The van der Waals surface area contributed by atoms with Gasteiger partial charge in [0.25, 0.3) is 0 Å².